The first-order valence-electron chi connectivity index (χ1n) is 6.55. The van der Waals surface area contributed by atoms with E-state index in [2.05, 4.69) is 34.7 Å². The second-order valence-electron chi connectivity index (χ2n) is 4.61. The summed E-state index contributed by atoms with van der Waals surface area (Å²) >= 11 is 12.2. The first-order valence-corrected chi connectivity index (χ1v) is 7.47. The largest absolute Gasteiger partial charge is 0.295 e. The topological polar surface area (TPSA) is 17.8 Å². The summed E-state index contributed by atoms with van der Waals surface area (Å²) in [6, 6.07) is 14.0. The Bertz CT molecular complexity index is 762. The normalized spacial score (nSPS) is 11.2. The van der Waals surface area contributed by atoms with E-state index >= 15 is 0 Å². The molecule has 0 saturated carbocycles. The zero-order valence-electron chi connectivity index (χ0n) is 11.1. The number of hydrogen-bond donors (Lipinski definition) is 0. The van der Waals surface area contributed by atoms with Gasteiger partial charge in [0, 0.05) is 5.02 Å². The quantitative estimate of drug-likeness (QED) is 0.624. The fourth-order valence-electron chi connectivity index (χ4n) is 2.48. The lowest BCUT2D eigenvalue weighted by atomic mass is 10.1. The molecule has 2 nitrogen and oxygen atoms in total. The van der Waals surface area contributed by atoms with Crippen LogP contribution >= 0.6 is 23.2 Å². The molecule has 0 unspecified atom stereocenters. The second-order valence-corrected chi connectivity index (χ2v) is 5.32. The van der Waals surface area contributed by atoms with Gasteiger partial charge in [0.1, 0.15) is 5.82 Å². The number of fused-ring (bicyclic) bond motifs is 1. The third-order valence-corrected chi connectivity index (χ3v) is 3.89. The summed E-state index contributed by atoms with van der Waals surface area (Å²) in [5.74, 6) is 1.20. The highest BCUT2D eigenvalue weighted by Crippen LogP contribution is 2.27. The molecule has 20 heavy (non-hydrogen) atoms. The van der Waals surface area contributed by atoms with Crippen molar-refractivity contribution in [3.8, 4) is 5.69 Å². The van der Waals surface area contributed by atoms with Gasteiger partial charge >= 0.3 is 0 Å². The Morgan fingerprint density at radius 1 is 1.15 bits per heavy atom. The number of imidazole rings is 1. The van der Waals surface area contributed by atoms with Gasteiger partial charge in [0.25, 0.3) is 0 Å². The van der Waals surface area contributed by atoms with E-state index < -0.39 is 0 Å². The van der Waals surface area contributed by atoms with Crippen LogP contribution in [-0.2, 0) is 12.3 Å². The fraction of sp³-hybridized carbons (Fsp3) is 0.188. The maximum atomic E-state index is 6.13. The first-order chi connectivity index (χ1) is 9.74. The number of hydrogen-bond acceptors (Lipinski definition) is 1. The Kier molecular flexibility index (Phi) is 3.68. The maximum Gasteiger partial charge on any atom is 0.129 e. The van der Waals surface area contributed by atoms with Gasteiger partial charge in [0.15, 0.2) is 0 Å². The van der Waals surface area contributed by atoms with Gasteiger partial charge in [-0.15, -0.1) is 11.6 Å². The van der Waals surface area contributed by atoms with Crippen molar-refractivity contribution in [3.63, 3.8) is 0 Å². The lowest BCUT2D eigenvalue weighted by molar-refractivity contribution is 0.955. The lowest BCUT2D eigenvalue weighted by Gasteiger charge is -2.12. The minimum Gasteiger partial charge on any atom is -0.295 e. The predicted molar refractivity (Wildman–Crippen MR) is 85.0 cm³/mol. The van der Waals surface area contributed by atoms with Crippen molar-refractivity contribution in [3.05, 3.63) is 58.9 Å². The van der Waals surface area contributed by atoms with Crippen LogP contribution in [0.2, 0.25) is 5.02 Å². The highest BCUT2D eigenvalue weighted by molar-refractivity contribution is 6.31. The van der Waals surface area contributed by atoms with Crippen molar-refractivity contribution in [2.24, 2.45) is 0 Å². The van der Waals surface area contributed by atoms with Gasteiger partial charge in [0.2, 0.25) is 0 Å². The number of halogens is 2. The van der Waals surface area contributed by atoms with Crippen LogP contribution in [0.4, 0.5) is 0 Å². The molecule has 3 rings (SSSR count). The standard InChI is InChI=1S/C16H14Cl2N2/c1-2-11-5-3-4-6-14(11)20-15-9-12(18)7-8-13(15)19-16(20)10-17/h3-9H,2,10H2,1H3. The number of aromatic nitrogens is 2. The minimum absolute atomic E-state index is 0.365. The van der Waals surface area contributed by atoms with Gasteiger partial charge in [-0.1, -0.05) is 36.7 Å². The number of rotatable bonds is 3. The van der Waals surface area contributed by atoms with E-state index in [-0.39, 0.29) is 0 Å². The lowest BCUT2D eigenvalue weighted by Crippen LogP contribution is -2.02. The predicted octanol–water partition coefficient (Wildman–Crippen LogP) is 4.98. The van der Waals surface area contributed by atoms with Crippen molar-refractivity contribution < 1.29 is 0 Å². The van der Waals surface area contributed by atoms with E-state index in [9.17, 15) is 0 Å². The molecule has 3 aromatic rings. The molecule has 0 atom stereocenters. The highest BCUT2D eigenvalue weighted by Gasteiger charge is 2.14. The highest BCUT2D eigenvalue weighted by atomic mass is 35.5. The summed E-state index contributed by atoms with van der Waals surface area (Å²) in [5, 5.41) is 0.703. The van der Waals surface area contributed by atoms with Gasteiger partial charge in [-0.25, -0.2) is 4.98 Å². The summed E-state index contributed by atoms with van der Waals surface area (Å²) in [6.45, 7) is 2.14. The van der Waals surface area contributed by atoms with E-state index in [1.165, 1.54) is 5.56 Å². The maximum absolute atomic E-state index is 6.13. The third kappa shape index (κ3) is 2.19. The Labute approximate surface area is 128 Å². The van der Waals surface area contributed by atoms with Crippen LogP contribution in [0.25, 0.3) is 16.7 Å². The molecule has 0 saturated heterocycles. The van der Waals surface area contributed by atoms with Gasteiger partial charge in [-0.2, -0.15) is 0 Å². The molecule has 4 heteroatoms. The molecule has 102 valence electrons. The SMILES string of the molecule is CCc1ccccc1-n1c(CCl)nc2ccc(Cl)cc21. The van der Waals surface area contributed by atoms with Gasteiger partial charge in [0.05, 0.1) is 22.6 Å². The summed E-state index contributed by atoms with van der Waals surface area (Å²) < 4.78 is 2.10. The summed E-state index contributed by atoms with van der Waals surface area (Å²) in [7, 11) is 0. The Morgan fingerprint density at radius 2 is 1.95 bits per heavy atom. The fourth-order valence-corrected chi connectivity index (χ4v) is 2.83. The van der Waals surface area contributed by atoms with E-state index in [0.29, 0.717) is 10.9 Å². The van der Waals surface area contributed by atoms with Crippen molar-refractivity contribution in [1.29, 1.82) is 0 Å². The molecule has 0 radical (unpaired) electrons. The zero-order chi connectivity index (χ0) is 14.1. The van der Waals surface area contributed by atoms with Crippen LogP contribution in [0.5, 0.6) is 0 Å². The number of alkyl halides is 1. The molecular weight excluding hydrogens is 291 g/mol. The van der Waals surface area contributed by atoms with E-state index in [1.54, 1.807) is 0 Å². The molecule has 0 bridgehead atoms. The molecule has 0 amide bonds. The molecule has 0 spiro atoms. The van der Waals surface area contributed by atoms with Crippen molar-refractivity contribution in [2.45, 2.75) is 19.2 Å². The molecule has 0 aliphatic carbocycles. The monoisotopic (exact) mass is 304 g/mol. The molecule has 0 fully saturated rings. The van der Waals surface area contributed by atoms with Gasteiger partial charge in [-0.05, 0) is 36.2 Å². The minimum atomic E-state index is 0.365. The Morgan fingerprint density at radius 3 is 2.70 bits per heavy atom. The van der Waals surface area contributed by atoms with Gasteiger partial charge < -0.3 is 0 Å². The van der Waals surface area contributed by atoms with Crippen LogP contribution < -0.4 is 0 Å². The summed E-state index contributed by atoms with van der Waals surface area (Å²) in [6.07, 6.45) is 0.956. The van der Waals surface area contributed by atoms with Gasteiger partial charge in [-0.3, -0.25) is 4.57 Å². The Balaban J connectivity index is 2.36. The van der Waals surface area contributed by atoms with E-state index in [4.69, 9.17) is 23.2 Å². The van der Waals surface area contributed by atoms with Crippen LogP contribution in [-0.4, -0.2) is 9.55 Å². The van der Waals surface area contributed by atoms with Crippen molar-refractivity contribution in [1.82, 2.24) is 9.55 Å². The summed E-state index contributed by atoms with van der Waals surface area (Å²) in [4.78, 5) is 4.60. The van der Waals surface area contributed by atoms with E-state index in [0.717, 1.165) is 29.0 Å². The number of para-hydroxylation sites is 1. The molecular formula is C16H14Cl2N2. The summed E-state index contributed by atoms with van der Waals surface area (Å²) in [5.41, 5.74) is 4.29. The van der Waals surface area contributed by atoms with Crippen LogP contribution in [0.3, 0.4) is 0 Å². The van der Waals surface area contributed by atoms with Crippen LogP contribution in [0.15, 0.2) is 42.5 Å². The first kappa shape index (κ1) is 13.5. The van der Waals surface area contributed by atoms with Crippen molar-refractivity contribution >= 4 is 34.2 Å². The molecule has 1 heterocycles. The smallest absolute Gasteiger partial charge is 0.129 e. The van der Waals surface area contributed by atoms with Crippen molar-refractivity contribution in [2.75, 3.05) is 0 Å². The average molecular weight is 305 g/mol. The zero-order valence-corrected chi connectivity index (χ0v) is 12.6. The van der Waals surface area contributed by atoms with Crippen LogP contribution in [0.1, 0.15) is 18.3 Å². The Hall–Kier alpha value is -1.51. The van der Waals surface area contributed by atoms with Crippen LogP contribution in [0, 0.1) is 0 Å². The van der Waals surface area contributed by atoms with E-state index in [1.807, 2.05) is 24.3 Å². The molecule has 0 aliphatic heterocycles. The number of aryl methyl sites for hydroxylation is 1. The molecule has 0 N–H and O–H groups in total. The number of nitrogens with zero attached hydrogens (tertiary/aromatic N) is 2. The average Bonchev–Trinajstić information content (AvgIpc) is 2.84. The third-order valence-electron chi connectivity index (χ3n) is 3.42. The molecule has 2 aromatic carbocycles. The molecule has 1 aromatic heterocycles. The number of benzene rings is 2. The second kappa shape index (κ2) is 5.47. The molecule has 0 aliphatic rings.